The molecule has 0 bridgehead atoms. The fourth-order valence-corrected chi connectivity index (χ4v) is 2.95. The molecule has 1 amide bonds. The van der Waals surface area contributed by atoms with Gasteiger partial charge in [-0.1, -0.05) is 18.2 Å². The minimum absolute atomic E-state index is 0.0643. The summed E-state index contributed by atoms with van der Waals surface area (Å²) in [5.41, 5.74) is -0.209. The standard InChI is InChI=1S/C16H15F3N2O3S/c17-16(18,19)11-4-1-3-10(7-11)8-12-9-20-15(25-12)21-13(22)5-2-6-14(23)24/h1,3-4,7,9H,2,5-6,8H2,(H,23,24)(H,20,21,22). The third-order valence-corrected chi connectivity index (χ3v) is 4.14. The molecular formula is C16H15F3N2O3S. The lowest BCUT2D eigenvalue weighted by molar-refractivity contribution is -0.138. The monoisotopic (exact) mass is 372 g/mol. The fraction of sp³-hybridized carbons (Fsp3) is 0.312. The Balaban J connectivity index is 1.93. The number of benzene rings is 1. The van der Waals surface area contributed by atoms with E-state index in [4.69, 9.17) is 5.11 Å². The Kier molecular flexibility index (Phi) is 6.13. The lowest BCUT2D eigenvalue weighted by Crippen LogP contribution is -2.11. The number of aromatic nitrogens is 1. The third kappa shape index (κ3) is 6.18. The second kappa shape index (κ2) is 8.11. The first-order valence-corrected chi connectivity index (χ1v) is 8.18. The Labute approximate surface area is 145 Å². The summed E-state index contributed by atoms with van der Waals surface area (Å²) in [6.07, 6.45) is -2.42. The molecule has 0 saturated carbocycles. The van der Waals surface area contributed by atoms with Crippen LogP contribution in [-0.2, 0) is 22.2 Å². The van der Waals surface area contributed by atoms with Crippen LogP contribution in [-0.4, -0.2) is 22.0 Å². The predicted molar refractivity (Wildman–Crippen MR) is 86.5 cm³/mol. The van der Waals surface area contributed by atoms with Crippen LogP contribution in [0.4, 0.5) is 18.3 Å². The summed E-state index contributed by atoms with van der Waals surface area (Å²) in [7, 11) is 0. The number of nitrogens with zero attached hydrogens (tertiary/aromatic N) is 1. The Morgan fingerprint density at radius 3 is 2.68 bits per heavy atom. The molecule has 5 nitrogen and oxygen atoms in total. The van der Waals surface area contributed by atoms with Gasteiger partial charge in [-0.05, 0) is 18.1 Å². The first-order valence-electron chi connectivity index (χ1n) is 7.36. The van der Waals surface area contributed by atoms with E-state index in [0.29, 0.717) is 15.6 Å². The molecular weight excluding hydrogens is 357 g/mol. The Morgan fingerprint density at radius 2 is 2.00 bits per heavy atom. The van der Waals surface area contributed by atoms with Gasteiger partial charge in [-0.25, -0.2) is 4.98 Å². The molecule has 134 valence electrons. The lowest BCUT2D eigenvalue weighted by Gasteiger charge is -2.07. The van der Waals surface area contributed by atoms with E-state index in [9.17, 15) is 22.8 Å². The molecule has 2 N–H and O–H groups in total. The number of anilines is 1. The van der Waals surface area contributed by atoms with Crippen molar-refractivity contribution in [2.75, 3.05) is 5.32 Å². The highest BCUT2D eigenvalue weighted by Crippen LogP contribution is 2.30. The fourth-order valence-electron chi connectivity index (χ4n) is 2.09. The molecule has 2 rings (SSSR count). The first-order chi connectivity index (χ1) is 11.7. The van der Waals surface area contributed by atoms with Gasteiger partial charge in [0.05, 0.1) is 5.56 Å². The molecule has 25 heavy (non-hydrogen) atoms. The highest BCUT2D eigenvalue weighted by atomic mass is 32.1. The summed E-state index contributed by atoms with van der Waals surface area (Å²) in [6, 6.07) is 5.05. The van der Waals surface area contributed by atoms with Crippen molar-refractivity contribution in [1.82, 2.24) is 4.98 Å². The van der Waals surface area contributed by atoms with Crippen molar-refractivity contribution in [3.05, 3.63) is 46.5 Å². The zero-order chi connectivity index (χ0) is 18.4. The molecule has 0 aliphatic heterocycles. The van der Waals surface area contributed by atoms with E-state index in [1.165, 1.54) is 23.6 Å². The third-order valence-electron chi connectivity index (χ3n) is 3.23. The van der Waals surface area contributed by atoms with Crippen molar-refractivity contribution >= 4 is 28.3 Å². The number of rotatable bonds is 7. The van der Waals surface area contributed by atoms with Gasteiger partial charge in [-0.3, -0.25) is 9.59 Å². The molecule has 1 heterocycles. The summed E-state index contributed by atoms with van der Waals surface area (Å²) >= 11 is 1.17. The van der Waals surface area contributed by atoms with Gasteiger partial charge in [-0.15, -0.1) is 11.3 Å². The molecule has 0 aliphatic rings. The van der Waals surface area contributed by atoms with Crippen LogP contribution in [0.3, 0.4) is 0 Å². The zero-order valence-electron chi connectivity index (χ0n) is 13.0. The molecule has 1 aromatic heterocycles. The molecule has 0 spiro atoms. The quantitative estimate of drug-likeness (QED) is 0.771. The van der Waals surface area contributed by atoms with Crippen molar-refractivity contribution < 1.29 is 27.9 Å². The maximum Gasteiger partial charge on any atom is 0.416 e. The van der Waals surface area contributed by atoms with Crippen molar-refractivity contribution in [2.45, 2.75) is 31.9 Å². The van der Waals surface area contributed by atoms with Gasteiger partial charge in [-0.2, -0.15) is 13.2 Å². The summed E-state index contributed by atoms with van der Waals surface area (Å²) in [5, 5.41) is 11.4. The van der Waals surface area contributed by atoms with E-state index < -0.39 is 17.7 Å². The number of nitrogens with one attached hydrogen (secondary N) is 1. The van der Waals surface area contributed by atoms with Crippen LogP contribution in [0, 0.1) is 0 Å². The summed E-state index contributed by atoms with van der Waals surface area (Å²) in [5.74, 6) is -1.31. The molecule has 0 aliphatic carbocycles. The Morgan fingerprint density at radius 1 is 1.24 bits per heavy atom. The van der Waals surface area contributed by atoms with E-state index in [1.807, 2.05) is 0 Å². The van der Waals surface area contributed by atoms with Gasteiger partial charge in [0.1, 0.15) is 0 Å². The average Bonchev–Trinajstić information content (AvgIpc) is 2.93. The number of carboxylic acids is 1. The van der Waals surface area contributed by atoms with Gasteiger partial charge >= 0.3 is 12.1 Å². The van der Waals surface area contributed by atoms with Crippen LogP contribution in [0.2, 0.25) is 0 Å². The normalized spacial score (nSPS) is 11.3. The molecule has 0 radical (unpaired) electrons. The number of carbonyl (C=O) groups excluding carboxylic acids is 1. The predicted octanol–water partition coefficient (Wildman–Crippen LogP) is 3.95. The van der Waals surface area contributed by atoms with Crippen molar-refractivity contribution in [2.24, 2.45) is 0 Å². The van der Waals surface area contributed by atoms with Crippen LogP contribution < -0.4 is 5.32 Å². The number of aliphatic carboxylic acids is 1. The maximum atomic E-state index is 12.7. The second-order valence-electron chi connectivity index (χ2n) is 5.30. The van der Waals surface area contributed by atoms with Crippen molar-refractivity contribution in [1.29, 1.82) is 0 Å². The van der Waals surface area contributed by atoms with E-state index >= 15 is 0 Å². The Hall–Kier alpha value is -2.42. The van der Waals surface area contributed by atoms with Gasteiger partial charge in [0.25, 0.3) is 0 Å². The molecule has 0 saturated heterocycles. The maximum absolute atomic E-state index is 12.7. The number of amides is 1. The highest BCUT2D eigenvalue weighted by molar-refractivity contribution is 7.15. The van der Waals surface area contributed by atoms with Gasteiger partial charge in [0.15, 0.2) is 5.13 Å². The largest absolute Gasteiger partial charge is 0.481 e. The highest BCUT2D eigenvalue weighted by Gasteiger charge is 2.30. The summed E-state index contributed by atoms with van der Waals surface area (Å²) in [6.45, 7) is 0. The zero-order valence-corrected chi connectivity index (χ0v) is 13.8. The van der Waals surface area contributed by atoms with Gasteiger partial charge in [0, 0.05) is 30.3 Å². The number of halogens is 3. The number of carboxylic acid groups (broad SMARTS) is 1. The first kappa shape index (κ1) is 18.9. The van der Waals surface area contributed by atoms with Crippen LogP contribution in [0.5, 0.6) is 0 Å². The molecule has 0 unspecified atom stereocenters. The van der Waals surface area contributed by atoms with Crippen LogP contribution >= 0.6 is 11.3 Å². The molecule has 9 heteroatoms. The topological polar surface area (TPSA) is 79.3 Å². The lowest BCUT2D eigenvalue weighted by atomic mass is 10.1. The second-order valence-corrected chi connectivity index (χ2v) is 6.42. The molecule has 0 fully saturated rings. The van der Waals surface area contributed by atoms with Crippen LogP contribution in [0.15, 0.2) is 30.5 Å². The SMILES string of the molecule is O=C(O)CCCC(=O)Nc1ncc(Cc2cccc(C(F)(F)F)c2)s1. The number of thiazole rings is 1. The van der Waals surface area contributed by atoms with Crippen LogP contribution in [0.25, 0.3) is 0 Å². The smallest absolute Gasteiger partial charge is 0.416 e. The average molecular weight is 372 g/mol. The minimum atomic E-state index is -4.39. The molecule has 2 aromatic rings. The van der Waals surface area contributed by atoms with E-state index in [0.717, 1.165) is 12.1 Å². The van der Waals surface area contributed by atoms with Gasteiger partial charge in [0.2, 0.25) is 5.91 Å². The molecule has 0 atom stereocenters. The van der Waals surface area contributed by atoms with Crippen molar-refractivity contribution in [3.63, 3.8) is 0 Å². The minimum Gasteiger partial charge on any atom is -0.481 e. The Bertz CT molecular complexity index is 759. The van der Waals surface area contributed by atoms with Gasteiger partial charge < -0.3 is 10.4 Å². The number of carbonyl (C=O) groups is 2. The molecule has 1 aromatic carbocycles. The number of hydrogen-bond acceptors (Lipinski definition) is 4. The van der Waals surface area contributed by atoms with E-state index in [1.54, 1.807) is 6.07 Å². The van der Waals surface area contributed by atoms with Crippen molar-refractivity contribution in [3.8, 4) is 0 Å². The van der Waals surface area contributed by atoms with E-state index in [2.05, 4.69) is 10.3 Å². The number of hydrogen-bond donors (Lipinski definition) is 2. The van der Waals surface area contributed by atoms with Crippen LogP contribution in [0.1, 0.15) is 35.3 Å². The number of alkyl halides is 3. The summed E-state index contributed by atoms with van der Waals surface area (Å²) in [4.78, 5) is 26.8. The summed E-state index contributed by atoms with van der Waals surface area (Å²) < 4.78 is 38.1. The van der Waals surface area contributed by atoms with E-state index in [-0.39, 0.29) is 31.6 Å².